The van der Waals surface area contributed by atoms with Crippen molar-refractivity contribution in [1.29, 1.82) is 0 Å². The molecule has 0 atom stereocenters. The Hall–Kier alpha value is -2.49. The molecule has 4 heteroatoms. The number of phenolic OH excluding ortho intramolecular Hbond substituents is 1. The zero-order valence-electron chi connectivity index (χ0n) is 10.3. The maximum Gasteiger partial charge on any atom is 0.224 e. The highest BCUT2D eigenvalue weighted by atomic mass is 19.1. The molecule has 0 spiro atoms. The van der Waals surface area contributed by atoms with Gasteiger partial charge in [0, 0.05) is 0 Å². The van der Waals surface area contributed by atoms with E-state index in [-0.39, 0.29) is 11.6 Å². The summed E-state index contributed by atoms with van der Waals surface area (Å²) in [6.07, 6.45) is 0. The van der Waals surface area contributed by atoms with Crippen LogP contribution in [0, 0.1) is 12.9 Å². The number of aromatic hydroxyl groups is 1. The molecule has 0 saturated heterocycles. The highest BCUT2D eigenvalue weighted by molar-refractivity contribution is 5.81. The molecule has 0 fully saturated rings. The fourth-order valence-electron chi connectivity index (χ4n) is 1.98. The minimum atomic E-state index is -0.580. The van der Waals surface area contributed by atoms with Crippen molar-refractivity contribution in [2.45, 2.75) is 6.92 Å². The van der Waals surface area contributed by atoms with Gasteiger partial charge in [0.15, 0.2) is 5.82 Å². The van der Waals surface area contributed by atoms with Crippen molar-refractivity contribution >= 4 is 10.9 Å². The van der Waals surface area contributed by atoms with Crippen LogP contribution in [0.15, 0.2) is 42.5 Å². The third kappa shape index (κ3) is 2.01. The molecule has 0 bridgehead atoms. The van der Waals surface area contributed by atoms with E-state index in [0.717, 1.165) is 5.56 Å². The number of hydrogen-bond donors (Lipinski definition) is 1. The van der Waals surface area contributed by atoms with Crippen molar-refractivity contribution in [1.82, 2.24) is 9.97 Å². The van der Waals surface area contributed by atoms with Crippen LogP contribution in [0.4, 0.5) is 4.39 Å². The number of para-hydroxylation sites is 1. The van der Waals surface area contributed by atoms with Crippen LogP contribution in [0.25, 0.3) is 22.3 Å². The first kappa shape index (κ1) is 11.6. The lowest BCUT2D eigenvalue weighted by atomic mass is 10.1. The zero-order chi connectivity index (χ0) is 13.4. The third-order valence-corrected chi connectivity index (χ3v) is 2.95. The summed E-state index contributed by atoms with van der Waals surface area (Å²) in [5, 5.41) is 10.2. The van der Waals surface area contributed by atoms with Gasteiger partial charge in [-0.15, -0.1) is 0 Å². The lowest BCUT2D eigenvalue weighted by molar-refractivity contribution is 0.476. The van der Waals surface area contributed by atoms with E-state index in [1.54, 1.807) is 30.3 Å². The highest BCUT2D eigenvalue weighted by Crippen LogP contribution is 2.27. The van der Waals surface area contributed by atoms with E-state index in [4.69, 9.17) is 0 Å². The van der Waals surface area contributed by atoms with Crippen LogP contribution in [-0.4, -0.2) is 15.1 Å². The topological polar surface area (TPSA) is 46.0 Å². The average molecular weight is 254 g/mol. The molecule has 0 amide bonds. The van der Waals surface area contributed by atoms with Crippen molar-refractivity contribution < 1.29 is 9.50 Å². The summed E-state index contributed by atoms with van der Waals surface area (Å²) in [5.74, 6) is -0.356. The van der Waals surface area contributed by atoms with Gasteiger partial charge < -0.3 is 5.11 Å². The van der Waals surface area contributed by atoms with E-state index in [9.17, 15) is 9.50 Å². The molecule has 1 N–H and O–H groups in total. The number of aromatic nitrogens is 2. The number of aryl methyl sites for hydroxylation is 1. The van der Waals surface area contributed by atoms with Crippen molar-refractivity contribution in [2.24, 2.45) is 0 Å². The molecular weight excluding hydrogens is 243 g/mol. The second-order valence-corrected chi connectivity index (χ2v) is 4.38. The first-order chi connectivity index (χ1) is 9.15. The minimum Gasteiger partial charge on any atom is -0.507 e. The first-order valence-corrected chi connectivity index (χ1v) is 5.87. The van der Waals surface area contributed by atoms with Crippen LogP contribution < -0.4 is 0 Å². The maximum atomic E-state index is 14.0. The molecule has 0 saturated carbocycles. The maximum absolute atomic E-state index is 14.0. The second kappa shape index (κ2) is 4.31. The van der Waals surface area contributed by atoms with Crippen LogP contribution >= 0.6 is 0 Å². The quantitative estimate of drug-likeness (QED) is 0.676. The van der Waals surface area contributed by atoms with Crippen LogP contribution in [0.5, 0.6) is 5.75 Å². The Labute approximate surface area is 109 Å². The molecule has 1 heterocycles. The predicted molar refractivity (Wildman–Crippen MR) is 71.3 cm³/mol. The Bertz CT molecular complexity index is 771. The van der Waals surface area contributed by atoms with E-state index in [1.807, 2.05) is 13.0 Å². The summed E-state index contributed by atoms with van der Waals surface area (Å²) in [6.45, 7) is 1.92. The van der Waals surface area contributed by atoms with Crippen molar-refractivity contribution in [3.8, 4) is 17.1 Å². The van der Waals surface area contributed by atoms with Gasteiger partial charge in [-0.1, -0.05) is 18.2 Å². The van der Waals surface area contributed by atoms with Gasteiger partial charge in [-0.3, -0.25) is 0 Å². The van der Waals surface area contributed by atoms with Crippen LogP contribution in [0.3, 0.4) is 0 Å². The normalized spacial score (nSPS) is 10.8. The number of benzene rings is 2. The molecule has 1 aromatic heterocycles. The lowest BCUT2D eigenvalue weighted by Crippen LogP contribution is -1.95. The molecule has 3 aromatic rings. The fourth-order valence-corrected chi connectivity index (χ4v) is 1.98. The van der Waals surface area contributed by atoms with Gasteiger partial charge in [0.25, 0.3) is 0 Å². The Morgan fingerprint density at radius 2 is 1.84 bits per heavy atom. The number of halogens is 1. The van der Waals surface area contributed by atoms with Crippen molar-refractivity contribution in [3.05, 3.63) is 54.0 Å². The van der Waals surface area contributed by atoms with Gasteiger partial charge in [-0.25, -0.2) is 4.98 Å². The lowest BCUT2D eigenvalue weighted by Gasteiger charge is -2.06. The van der Waals surface area contributed by atoms with Gasteiger partial charge >= 0.3 is 0 Å². The second-order valence-electron chi connectivity index (χ2n) is 4.38. The monoisotopic (exact) mass is 254 g/mol. The van der Waals surface area contributed by atoms with Crippen molar-refractivity contribution in [2.75, 3.05) is 0 Å². The molecule has 0 aliphatic rings. The van der Waals surface area contributed by atoms with Crippen molar-refractivity contribution in [3.63, 3.8) is 0 Å². The molecule has 0 aliphatic heterocycles. The van der Waals surface area contributed by atoms with E-state index in [2.05, 4.69) is 9.97 Å². The van der Waals surface area contributed by atoms with Gasteiger partial charge in [0.2, 0.25) is 5.95 Å². The average Bonchev–Trinajstić information content (AvgIpc) is 2.38. The molecule has 2 aromatic carbocycles. The van der Waals surface area contributed by atoms with Crippen LogP contribution in [0.2, 0.25) is 0 Å². The van der Waals surface area contributed by atoms with E-state index in [0.29, 0.717) is 16.5 Å². The standard InChI is InChI=1S/C15H11FN2O/c1-9-6-7-10-12(8-9)17-15(18-14(10)16)11-4-2-3-5-13(11)19/h2-8,19H,1H3. The predicted octanol–water partition coefficient (Wildman–Crippen LogP) is 3.45. The summed E-state index contributed by atoms with van der Waals surface area (Å²) in [4.78, 5) is 8.14. The van der Waals surface area contributed by atoms with Crippen LogP contribution in [-0.2, 0) is 0 Å². The Morgan fingerprint density at radius 1 is 1.05 bits per heavy atom. The minimum absolute atomic E-state index is 0.0360. The van der Waals surface area contributed by atoms with Gasteiger partial charge in [0.1, 0.15) is 5.75 Å². The summed E-state index contributed by atoms with van der Waals surface area (Å²) in [7, 11) is 0. The first-order valence-electron chi connectivity index (χ1n) is 5.87. The third-order valence-electron chi connectivity index (χ3n) is 2.95. The number of fused-ring (bicyclic) bond motifs is 1. The van der Waals surface area contributed by atoms with Crippen LogP contribution in [0.1, 0.15) is 5.56 Å². The van der Waals surface area contributed by atoms with E-state index >= 15 is 0 Å². The summed E-state index contributed by atoms with van der Waals surface area (Å²) in [6, 6.07) is 11.9. The molecule has 3 nitrogen and oxygen atoms in total. The number of rotatable bonds is 1. The molecule has 0 radical (unpaired) electrons. The fraction of sp³-hybridized carbons (Fsp3) is 0.0667. The largest absolute Gasteiger partial charge is 0.507 e. The Balaban J connectivity index is 2.29. The summed E-state index contributed by atoms with van der Waals surface area (Å²) >= 11 is 0. The zero-order valence-corrected chi connectivity index (χ0v) is 10.3. The summed E-state index contributed by atoms with van der Waals surface area (Å²) in [5.41, 5.74) is 1.95. The number of hydrogen-bond acceptors (Lipinski definition) is 3. The van der Waals surface area contributed by atoms with Gasteiger partial charge in [0.05, 0.1) is 16.5 Å². The SMILES string of the molecule is Cc1ccc2c(F)nc(-c3ccccc3O)nc2c1. The molecular formula is C15H11FN2O. The smallest absolute Gasteiger partial charge is 0.224 e. The molecule has 19 heavy (non-hydrogen) atoms. The molecule has 0 unspecified atom stereocenters. The number of phenols is 1. The van der Waals surface area contributed by atoms with E-state index in [1.165, 1.54) is 6.07 Å². The molecule has 94 valence electrons. The van der Waals surface area contributed by atoms with Gasteiger partial charge in [-0.2, -0.15) is 9.37 Å². The van der Waals surface area contributed by atoms with Gasteiger partial charge in [-0.05, 0) is 36.8 Å². The summed E-state index contributed by atoms with van der Waals surface area (Å²) < 4.78 is 14.0. The Kier molecular flexibility index (Phi) is 2.63. The number of nitrogens with zero attached hydrogens (tertiary/aromatic N) is 2. The van der Waals surface area contributed by atoms with E-state index < -0.39 is 5.95 Å². The Morgan fingerprint density at radius 3 is 2.63 bits per heavy atom. The molecule has 0 aliphatic carbocycles. The molecule has 3 rings (SSSR count). The highest BCUT2D eigenvalue weighted by Gasteiger charge is 2.11.